The molecule has 4 heteroatoms. The van der Waals surface area contributed by atoms with Crippen molar-refractivity contribution in [3.05, 3.63) is 46.9 Å². The van der Waals surface area contributed by atoms with E-state index < -0.39 is 0 Å². The average molecular weight is 302 g/mol. The van der Waals surface area contributed by atoms with Gasteiger partial charge in [-0.15, -0.1) is 0 Å². The number of nitrogens with zero attached hydrogens (tertiary/aromatic N) is 2. The molecule has 0 radical (unpaired) electrons. The van der Waals surface area contributed by atoms with E-state index in [1.807, 2.05) is 43.4 Å². The predicted molar refractivity (Wildman–Crippen MR) is 78.3 cm³/mol. The molecule has 90 valence electrons. The molecule has 0 aliphatic carbocycles. The monoisotopic (exact) mass is 301 g/mol. The lowest BCUT2D eigenvalue weighted by atomic mass is 10.2. The van der Waals surface area contributed by atoms with Crippen molar-refractivity contribution < 1.29 is 0 Å². The molecular formula is C14H12BrN3. The van der Waals surface area contributed by atoms with Crippen LogP contribution in [0, 0.1) is 0 Å². The van der Waals surface area contributed by atoms with E-state index in [4.69, 9.17) is 5.73 Å². The second-order valence-electron chi connectivity index (χ2n) is 4.25. The number of imidazole rings is 1. The highest BCUT2D eigenvalue weighted by molar-refractivity contribution is 9.10. The Kier molecular flexibility index (Phi) is 2.59. The van der Waals surface area contributed by atoms with Gasteiger partial charge in [0, 0.05) is 22.8 Å². The van der Waals surface area contributed by atoms with Crippen LogP contribution in [-0.2, 0) is 7.05 Å². The molecule has 2 N–H and O–H groups in total. The van der Waals surface area contributed by atoms with Crippen LogP contribution in [0.5, 0.6) is 0 Å². The molecule has 1 heterocycles. The zero-order valence-corrected chi connectivity index (χ0v) is 11.5. The van der Waals surface area contributed by atoms with Gasteiger partial charge in [0.05, 0.1) is 11.0 Å². The maximum absolute atomic E-state index is 5.82. The highest BCUT2D eigenvalue weighted by Gasteiger charge is 2.09. The third kappa shape index (κ3) is 1.78. The van der Waals surface area contributed by atoms with E-state index in [0.29, 0.717) is 0 Å². The van der Waals surface area contributed by atoms with E-state index in [0.717, 1.165) is 32.6 Å². The van der Waals surface area contributed by atoms with Gasteiger partial charge in [-0.3, -0.25) is 0 Å². The standard InChI is InChI=1S/C14H12BrN3/c1-18-13-6-5-10(15)8-12(13)17-14(18)9-3-2-4-11(16)7-9/h2-8H,16H2,1H3. The van der Waals surface area contributed by atoms with Crippen LogP contribution in [0.2, 0.25) is 0 Å². The number of halogens is 1. The number of hydrogen-bond donors (Lipinski definition) is 1. The Labute approximate surface area is 113 Å². The third-order valence-electron chi connectivity index (χ3n) is 2.99. The zero-order valence-electron chi connectivity index (χ0n) is 9.89. The van der Waals surface area contributed by atoms with Crippen molar-refractivity contribution in [3.8, 4) is 11.4 Å². The molecule has 0 fully saturated rings. The van der Waals surface area contributed by atoms with Crippen molar-refractivity contribution in [2.24, 2.45) is 7.05 Å². The number of fused-ring (bicyclic) bond motifs is 1. The number of benzene rings is 2. The first-order chi connectivity index (χ1) is 8.65. The SMILES string of the molecule is Cn1c(-c2cccc(N)c2)nc2cc(Br)ccc21. The fourth-order valence-electron chi connectivity index (χ4n) is 2.11. The van der Waals surface area contributed by atoms with Gasteiger partial charge < -0.3 is 10.3 Å². The molecule has 0 aliphatic heterocycles. The van der Waals surface area contributed by atoms with E-state index in [-0.39, 0.29) is 0 Å². The second-order valence-corrected chi connectivity index (χ2v) is 5.17. The second kappa shape index (κ2) is 4.14. The van der Waals surface area contributed by atoms with Crippen LogP contribution in [0.25, 0.3) is 22.4 Å². The van der Waals surface area contributed by atoms with Gasteiger partial charge in [0.1, 0.15) is 5.82 Å². The summed E-state index contributed by atoms with van der Waals surface area (Å²) in [6.07, 6.45) is 0. The van der Waals surface area contributed by atoms with E-state index in [1.54, 1.807) is 0 Å². The van der Waals surface area contributed by atoms with Crippen molar-refractivity contribution in [1.82, 2.24) is 9.55 Å². The lowest BCUT2D eigenvalue weighted by Crippen LogP contribution is -1.93. The number of aryl methyl sites for hydroxylation is 1. The highest BCUT2D eigenvalue weighted by Crippen LogP contribution is 2.26. The largest absolute Gasteiger partial charge is 0.399 e. The Morgan fingerprint density at radius 3 is 2.78 bits per heavy atom. The zero-order chi connectivity index (χ0) is 12.7. The molecule has 1 aromatic heterocycles. The highest BCUT2D eigenvalue weighted by atomic mass is 79.9. The van der Waals surface area contributed by atoms with Gasteiger partial charge in [-0.05, 0) is 30.3 Å². The van der Waals surface area contributed by atoms with Crippen molar-refractivity contribution in [2.75, 3.05) is 5.73 Å². The van der Waals surface area contributed by atoms with Crippen molar-refractivity contribution in [1.29, 1.82) is 0 Å². The molecule has 18 heavy (non-hydrogen) atoms. The van der Waals surface area contributed by atoms with Crippen LogP contribution in [0.15, 0.2) is 46.9 Å². The molecule has 0 unspecified atom stereocenters. The minimum atomic E-state index is 0.751. The van der Waals surface area contributed by atoms with E-state index >= 15 is 0 Å². The van der Waals surface area contributed by atoms with Crippen LogP contribution >= 0.6 is 15.9 Å². The summed E-state index contributed by atoms with van der Waals surface area (Å²) in [4.78, 5) is 4.66. The Bertz CT molecular complexity index is 731. The van der Waals surface area contributed by atoms with Crippen LogP contribution in [-0.4, -0.2) is 9.55 Å². The van der Waals surface area contributed by atoms with Crippen LogP contribution < -0.4 is 5.73 Å². The number of nitrogen functional groups attached to an aromatic ring is 1. The summed E-state index contributed by atoms with van der Waals surface area (Å²) in [5.74, 6) is 0.926. The lowest BCUT2D eigenvalue weighted by Gasteiger charge is -2.03. The molecule has 3 nitrogen and oxygen atoms in total. The minimum absolute atomic E-state index is 0.751. The first-order valence-electron chi connectivity index (χ1n) is 5.63. The summed E-state index contributed by atoms with van der Waals surface area (Å²) in [6, 6.07) is 13.9. The summed E-state index contributed by atoms with van der Waals surface area (Å²) in [5.41, 5.74) is 9.69. The van der Waals surface area contributed by atoms with Gasteiger partial charge >= 0.3 is 0 Å². The van der Waals surface area contributed by atoms with E-state index in [9.17, 15) is 0 Å². The Hall–Kier alpha value is -1.81. The quantitative estimate of drug-likeness (QED) is 0.698. The summed E-state index contributed by atoms with van der Waals surface area (Å²) >= 11 is 3.46. The molecule has 0 saturated heterocycles. The summed E-state index contributed by atoms with van der Waals surface area (Å²) in [6.45, 7) is 0. The number of rotatable bonds is 1. The molecule has 0 bridgehead atoms. The Morgan fingerprint density at radius 1 is 1.17 bits per heavy atom. The Balaban J connectivity index is 2.27. The first kappa shape index (κ1) is 11.3. The van der Waals surface area contributed by atoms with Crippen molar-refractivity contribution in [2.45, 2.75) is 0 Å². The average Bonchev–Trinajstić information content (AvgIpc) is 2.66. The number of nitrogens with two attached hydrogens (primary N) is 1. The maximum Gasteiger partial charge on any atom is 0.140 e. The third-order valence-corrected chi connectivity index (χ3v) is 3.48. The fourth-order valence-corrected chi connectivity index (χ4v) is 2.46. The van der Waals surface area contributed by atoms with Crippen molar-refractivity contribution in [3.63, 3.8) is 0 Å². The topological polar surface area (TPSA) is 43.8 Å². The first-order valence-corrected chi connectivity index (χ1v) is 6.42. The Morgan fingerprint density at radius 2 is 2.00 bits per heavy atom. The summed E-state index contributed by atoms with van der Waals surface area (Å²) in [5, 5.41) is 0. The normalized spacial score (nSPS) is 11.0. The molecule has 0 spiro atoms. The molecule has 2 aromatic carbocycles. The van der Waals surface area contributed by atoms with E-state index in [2.05, 4.69) is 31.5 Å². The summed E-state index contributed by atoms with van der Waals surface area (Å²) < 4.78 is 3.11. The van der Waals surface area contributed by atoms with Crippen LogP contribution in [0.4, 0.5) is 5.69 Å². The number of hydrogen-bond acceptors (Lipinski definition) is 2. The summed E-state index contributed by atoms with van der Waals surface area (Å²) in [7, 11) is 2.02. The molecule has 0 saturated carbocycles. The minimum Gasteiger partial charge on any atom is -0.399 e. The van der Waals surface area contributed by atoms with Gasteiger partial charge in [0.25, 0.3) is 0 Å². The molecule has 3 aromatic rings. The van der Waals surface area contributed by atoms with Gasteiger partial charge in [0.2, 0.25) is 0 Å². The molecular weight excluding hydrogens is 290 g/mol. The van der Waals surface area contributed by atoms with E-state index in [1.165, 1.54) is 0 Å². The van der Waals surface area contributed by atoms with Crippen LogP contribution in [0.1, 0.15) is 0 Å². The predicted octanol–water partition coefficient (Wildman–Crippen LogP) is 3.59. The molecule has 0 atom stereocenters. The lowest BCUT2D eigenvalue weighted by molar-refractivity contribution is 0.959. The van der Waals surface area contributed by atoms with Gasteiger partial charge in [-0.1, -0.05) is 28.1 Å². The molecule has 0 aliphatic rings. The van der Waals surface area contributed by atoms with Crippen molar-refractivity contribution >= 4 is 32.7 Å². The van der Waals surface area contributed by atoms with Gasteiger partial charge in [0.15, 0.2) is 0 Å². The van der Waals surface area contributed by atoms with Gasteiger partial charge in [-0.2, -0.15) is 0 Å². The van der Waals surface area contributed by atoms with Crippen LogP contribution in [0.3, 0.4) is 0 Å². The maximum atomic E-state index is 5.82. The number of aromatic nitrogens is 2. The molecule has 3 rings (SSSR count). The number of anilines is 1. The fraction of sp³-hybridized carbons (Fsp3) is 0.0714. The smallest absolute Gasteiger partial charge is 0.140 e. The van der Waals surface area contributed by atoms with Gasteiger partial charge in [-0.25, -0.2) is 4.98 Å². The molecule has 0 amide bonds.